The predicted molar refractivity (Wildman–Crippen MR) is 44.4 cm³/mol. The van der Waals surface area contributed by atoms with Crippen LogP contribution in [0.5, 0.6) is 0 Å². The van der Waals surface area contributed by atoms with Crippen molar-refractivity contribution in [2.75, 3.05) is 0 Å². The zero-order valence-electron chi connectivity index (χ0n) is 6.04. The molecule has 0 aliphatic heterocycles. The van der Waals surface area contributed by atoms with E-state index in [2.05, 4.69) is 0 Å². The van der Waals surface area contributed by atoms with Crippen molar-refractivity contribution >= 4 is 6.08 Å². The molecule has 0 aliphatic rings. The number of allylic oxidation sites excluding steroid dienone is 1. The zero-order chi connectivity index (χ0) is 7.40. The minimum atomic E-state index is 0.839. The zero-order valence-corrected chi connectivity index (χ0v) is 6.04. The second-order valence-electron chi connectivity index (χ2n) is 2.30. The average Bonchev–Trinajstić information content (AvgIpc) is 1.88. The summed E-state index contributed by atoms with van der Waals surface area (Å²) in [6, 6.07) is 10.0. The van der Waals surface area contributed by atoms with Gasteiger partial charge < -0.3 is 0 Å². The van der Waals surface area contributed by atoms with Gasteiger partial charge >= 0.3 is 0 Å². The lowest BCUT2D eigenvalue weighted by Crippen LogP contribution is -1.69. The van der Waals surface area contributed by atoms with E-state index in [1.54, 1.807) is 0 Å². The summed E-state index contributed by atoms with van der Waals surface area (Å²) < 4.78 is 0. The smallest absolute Gasteiger partial charge is 0.00594 e. The van der Waals surface area contributed by atoms with Crippen molar-refractivity contribution in [1.82, 2.24) is 0 Å². The van der Waals surface area contributed by atoms with Gasteiger partial charge in [-0.3, -0.25) is 0 Å². The van der Waals surface area contributed by atoms with E-state index in [-0.39, 0.29) is 0 Å². The molecule has 10 heavy (non-hydrogen) atoms. The maximum absolute atomic E-state index is 5.49. The molecule has 0 nitrogen and oxygen atoms in total. The fraction of sp³-hybridized carbons (Fsp3) is 0.100. The van der Waals surface area contributed by atoms with Crippen molar-refractivity contribution in [2.24, 2.45) is 0 Å². The Morgan fingerprint density at radius 1 is 1.30 bits per heavy atom. The molecule has 0 saturated heterocycles. The molecule has 1 aromatic rings. The summed E-state index contributed by atoms with van der Waals surface area (Å²) in [6.07, 6.45) is 1.94. The van der Waals surface area contributed by atoms with Gasteiger partial charge in [0.25, 0.3) is 0 Å². The largest absolute Gasteiger partial charge is 0.0684 e. The summed E-state index contributed by atoms with van der Waals surface area (Å²) in [5.41, 5.74) is 1.99. The molecule has 0 aromatic heterocycles. The Kier molecular flexibility index (Phi) is 2.27. The molecule has 50 valence electrons. The predicted octanol–water partition coefficient (Wildman–Crippen LogP) is 2.80. The molecule has 0 bridgehead atoms. The van der Waals surface area contributed by atoms with Gasteiger partial charge in [0.05, 0.1) is 0 Å². The van der Waals surface area contributed by atoms with Crippen LogP contribution in [-0.4, -0.2) is 0 Å². The lowest BCUT2D eigenvalue weighted by atomic mass is 10.2. The summed E-state index contributed by atoms with van der Waals surface area (Å²) in [6.45, 7) is 7.37. The fourth-order valence-corrected chi connectivity index (χ4v) is 0.812. The third-order valence-corrected chi connectivity index (χ3v) is 1.19. The van der Waals surface area contributed by atoms with Gasteiger partial charge in [-0.05, 0) is 19.4 Å². The normalized spacial score (nSPS) is 11.6. The van der Waals surface area contributed by atoms with Crippen molar-refractivity contribution in [3.63, 3.8) is 0 Å². The van der Waals surface area contributed by atoms with E-state index in [0.717, 1.165) is 11.1 Å². The highest BCUT2D eigenvalue weighted by Gasteiger charge is 1.82. The first kappa shape index (κ1) is 7.07. The Hall–Kier alpha value is -1.04. The van der Waals surface area contributed by atoms with Gasteiger partial charge in [-0.25, -0.2) is 0 Å². The molecular weight excluding hydrogens is 120 g/mol. The molecule has 0 heteroatoms. The highest BCUT2D eigenvalue weighted by molar-refractivity contribution is 5.52. The van der Waals surface area contributed by atoms with E-state index >= 15 is 0 Å². The molecule has 2 radical (unpaired) electrons. The molecular formula is C10H10. The van der Waals surface area contributed by atoms with E-state index in [9.17, 15) is 0 Å². The first-order valence-electron chi connectivity index (χ1n) is 3.28. The monoisotopic (exact) mass is 130 g/mol. The van der Waals surface area contributed by atoms with Gasteiger partial charge in [0.2, 0.25) is 0 Å². The van der Waals surface area contributed by atoms with Crippen LogP contribution in [0.1, 0.15) is 12.5 Å². The van der Waals surface area contributed by atoms with Crippen LogP contribution in [0.25, 0.3) is 6.08 Å². The van der Waals surface area contributed by atoms with Crippen molar-refractivity contribution < 1.29 is 0 Å². The minimum Gasteiger partial charge on any atom is -0.0684 e. The standard InChI is InChI=1S/C10H10/c1-9(2)8-10-6-4-3-5-7-10/h1,3-8H,2H3. The molecule has 0 fully saturated rings. The fourth-order valence-electron chi connectivity index (χ4n) is 0.812. The van der Waals surface area contributed by atoms with Gasteiger partial charge in [0.1, 0.15) is 0 Å². The van der Waals surface area contributed by atoms with Gasteiger partial charge in [0, 0.05) is 0 Å². The summed E-state index contributed by atoms with van der Waals surface area (Å²) >= 11 is 0. The molecule has 1 rings (SSSR count). The highest BCUT2D eigenvalue weighted by atomic mass is 13.9. The molecule has 0 amide bonds. The van der Waals surface area contributed by atoms with E-state index in [0.29, 0.717) is 0 Å². The lowest BCUT2D eigenvalue weighted by Gasteiger charge is -1.91. The van der Waals surface area contributed by atoms with Crippen LogP contribution < -0.4 is 0 Å². The van der Waals surface area contributed by atoms with Gasteiger partial charge in [0.15, 0.2) is 0 Å². The number of hydrogen-bond acceptors (Lipinski definition) is 0. The first-order chi connectivity index (χ1) is 4.79. The van der Waals surface area contributed by atoms with Crippen LogP contribution >= 0.6 is 0 Å². The summed E-state index contributed by atoms with van der Waals surface area (Å²) in [5.74, 6) is 0. The molecule has 0 unspecified atom stereocenters. The Balaban J connectivity index is 2.87. The molecule has 0 aliphatic carbocycles. The van der Waals surface area contributed by atoms with Crippen LogP contribution in [0.4, 0.5) is 0 Å². The Morgan fingerprint density at radius 3 is 2.40 bits per heavy atom. The maximum Gasteiger partial charge on any atom is -0.00594 e. The van der Waals surface area contributed by atoms with Gasteiger partial charge in [-0.1, -0.05) is 42.0 Å². The third kappa shape index (κ3) is 2.06. The quantitative estimate of drug-likeness (QED) is 0.548. The van der Waals surface area contributed by atoms with Crippen molar-refractivity contribution in [2.45, 2.75) is 6.92 Å². The van der Waals surface area contributed by atoms with E-state index in [4.69, 9.17) is 6.92 Å². The first-order valence-corrected chi connectivity index (χ1v) is 3.28. The van der Waals surface area contributed by atoms with Crippen molar-refractivity contribution in [1.29, 1.82) is 0 Å². The van der Waals surface area contributed by atoms with Crippen LogP contribution in [-0.2, 0) is 0 Å². The maximum atomic E-state index is 5.49. The third-order valence-electron chi connectivity index (χ3n) is 1.19. The van der Waals surface area contributed by atoms with Crippen molar-refractivity contribution in [3.05, 3.63) is 48.4 Å². The molecule has 0 saturated carbocycles. The van der Waals surface area contributed by atoms with E-state index < -0.39 is 0 Å². The summed E-state index contributed by atoms with van der Waals surface area (Å²) in [7, 11) is 0. The molecule has 0 N–H and O–H groups in total. The van der Waals surface area contributed by atoms with Gasteiger partial charge in [-0.15, -0.1) is 0 Å². The summed E-state index contributed by atoms with van der Waals surface area (Å²) in [4.78, 5) is 0. The topological polar surface area (TPSA) is 0 Å². The average molecular weight is 130 g/mol. The number of benzene rings is 1. The molecule has 0 spiro atoms. The summed E-state index contributed by atoms with van der Waals surface area (Å²) in [5, 5.41) is 0. The van der Waals surface area contributed by atoms with E-state index in [1.807, 2.05) is 43.3 Å². The minimum absolute atomic E-state index is 0.839. The van der Waals surface area contributed by atoms with Crippen LogP contribution in [0.15, 0.2) is 35.9 Å². The molecule has 0 atom stereocenters. The Labute approximate surface area is 62.2 Å². The molecule has 1 aromatic carbocycles. The molecule has 0 heterocycles. The van der Waals surface area contributed by atoms with Gasteiger partial charge in [-0.2, -0.15) is 0 Å². The Morgan fingerprint density at radius 2 is 1.90 bits per heavy atom. The second-order valence-corrected chi connectivity index (χ2v) is 2.30. The van der Waals surface area contributed by atoms with Crippen LogP contribution in [0, 0.1) is 6.92 Å². The number of hydrogen-bond donors (Lipinski definition) is 0. The number of rotatable bonds is 1. The second kappa shape index (κ2) is 3.21. The highest BCUT2D eigenvalue weighted by Crippen LogP contribution is 2.03. The Bertz CT molecular complexity index is 215. The van der Waals surface area contributed by atoms with Crippen molar-refractivity contribution in [3.8, 4) is 0 Å². The van der Waals surface area contributed by atoms with Crippen LogP contribution in [0.3, 0.4) is 0 Å². The van der Waals surface area contributed by atoms with Crippen LogP contribution in [0.2, 0.25) is 0 Å². The van der Waals surface area contributed by atoms with E-state index in [1.165, 1.54) is 0 Å². The SMILES string of the molecule is [CH]C(C)=Cc1ccccc1. The lowest BCUT2D eigenvalue weighted by molar-refractivity contribution is 1.55.